The molecule has 0 saturated carbocycles. The van der Waals surface area contributed by atoms with Crippen LogP contribution in [0, 0.1) is 0 Å². The van der Waals surface area contributed by atoms with E-state index in [4.69, 9.17) is 23.2 Å². The zero-order valence-electron chi connectivity index (χ0n) is 5.53. The molecule has 0 saturated heterocycles. The number of alkyl halides is 2. The second-order valence-corrected chi connectivity index (χ2v) is 4.90. The van der Waals surface area contributed by atoms with Crippen LogP contribution >= 0.6 is 35.8 Å². The Labute approximate surface area is 72.3 Å². The zero-order chi connectivity index (χ0) is 7.33. The average Bonchev–Trinajstić information content (AvgIpc) is 1.63. The summed E-state index contributed by atoms with van der Waals surface area (Å²) in [4.78, 5) is 0. The van der Waals surface area contributed by atoms with Gasteiger partial charge in [-0.2, -0.15) is 0 Å². The monoisotopic (exact) mass is 186 g/mol. The van der Waals surface area contributed by atoms with Gasteiger partial charge in [0.25, 0.3) is 0 Å². The van der Waals surface area contributed by atoms with Crippen molar-refractivity contribution in [3.8, 4) is 0 Å². The molecule has 0 aliphatic rings. The fourth-order valence-corrected chi connectivity index (χ4v) is 1.01. The molecule has 0 spiro atoms. The molecule has 9 heavy (non-hydrogen) atoms. The molecule has 0 aliphatic heterocycles. The highest BCUT2D eigenvalue weighted by molar-refractivity contribution is 7.85. The highest BCUT2D eigenvalue weighted by Gasteiger charge is 2.15. The van der Waals surface area contributed by atoms with E-state index in [1.54, 1.807) is 0 Å². The quantitative estimate of drug-likeness (QED) is 0.387. The summed E-state index contributed by atoms with van der Waals surface area (Å²) in [6.07, 6.45) is 4.21. The molecule has 0 aromatic heterocycles. The Morgan fingerprint density at radius 2 is 1.89 bits per heavy atom. The standard InChI is InChI=1S/C6H12Cl2S/c1-2-3-4-5-6(7,8)9/h9H,2-5H2,1H3. The molecule has 0 rings (SSSR count). The third-order valence-corrected chi connectivity index (χ3v) is 1.68. The summed E-state index contributed by atoms with van der Waals surface area (Å²) in [5.41, 5.74) is 0. The first-order valence-corrected chi connectivity index (χ1v) is 4.37. The molecule has 0 bridgehead atoms. The van der Waals surface area contributed by atoms with E-state index in [9.17, 15) is 0 Å². The molecule has 0 heterocycles. The van der Waals surface area contributed by atoms with Crippen molar-refractivity contribution in [3.05, 3.63) is 0 Å². The number of thiol groups is 1. The van der Waals surface area contributed by atoms with Gasteiger partial charge >= 0.3 is 0 Å². The second-order valence-electron chi connectivity index (χ2n) is 2.12. The van der Waals surface area contributed by atoms with Crippen molar-refractivity contribution in [1.29, 1.82) is 0 Å². The Kier molecular flexibility index (Phi) is 5.19. The molecule has 0 amide bonds. The van der Waals surface area contributed by atoms with E-state index in [0.29, 0.717) is 0 Å². The van der Waals surface area contributed by atoms with Gasteiger partial charge in [0.2, 0.25) is 0 Å². The molecular weight excluding hydrogens is 175 g/mol. The largest absolute Gasteiger partial charge is 0.160 e. The van der Waals surface area contributed by atoms with Gasteiger partial charge in [-0.3, -0.25) is 0 Å². The molecule has 0 unspecified atom stereocenters. The molecule has 0 atom stereocenters. The van der Waals surface area contributed by atoms with Crippen LogP contribution in [0.4, 0.5) is 0 Å². The Balaban J connectivity index is 3.07. The summed E-state index contributed by atoms with van der Waals surface area (Å²) in [5.74, 6) is 0. The first-order valence-electron chi connectivity index (χ1n) is 3.16. The summed E-state index contributed by atoms with van der Waals surface area (Å²) in [7, 11) is 0. The van der Waals surface area contributed by atoms with Gasteiger partial charge in [-0.1, -0.05) is 43.0 Å². The predicted molar refractivity (Wildman–Crippen MR) is 47.6 cm³/mol. The Hall–Kier alpha value is 0.930. The van der Waals surface area contributed by atoms with Gasteiger partial charge in [-0.25, -0.2) is 0 Å². The normalized spacial score (nSPS) is 12.0. The Morgan fingerprint density at radius 1 is 1.33 bits per heavy atom. The van der Waals surface area contributed by atoms with Gasteiger partial charge in [0.05, 0.1) is 0 Å². The van der Waals surface area contributed by atoms with Crippen molar-refractivity contribution in [1.82, 2.24) is 0 Å². The van der Waals surface area contributed by atoms with Crippen molar-refractivity contribution in [3.63, 3.8) is 0 Å². The molecule has 0 aliphatic carbocycles. The lowest BCUT2D eigenvalue weighted by Gasteiger charge is -2.10. The van der Waals surface area contributed by atoms with Crippen LogP contribution in [0.25, 0.3) is 0 Å². The summed E-state index contributed by atoms with van der Waals surface area (Å²) in [6, 6.07) is 0. The van der Waals surface area contributed by atoms with Gasteiger partial charge in [0, 0.05) is 0 Å². The minimum absolute atomic E-state index is 0.771. The molecule has 0 aromatic carbocycles. The van der Waals surface area contributed by atoms with Gasteiger partial charge in [-0.05, 0) is 12.8 Å². The van der Waals surface area contributed by atoms with E-state index in [1.807, 2.05) is 0 Å². The van der Waals surface area contributed by atoms with Crippen LogP contribution < -0.4 is 0 Å². The third kappa shape index (κ3) is 8.93. The topological polar surface area (TPSA) is 0 Å². The zero-order valence-corrected chi connectivity index (χ0v) is 7.94. The highest BCUT2D eigenvalue weighted by atomic mass is 35.5. The molecular formula is C6H12Cl2S. The summed E-state index contributed by atoms with van der Waals surface area (Å²) < 4.78 is -0.810. The van der Waals surface area contributed by atoms with Crippen LogP contribution in [-0.4, -0.2) is 3.67 Å². The summed E-state index contributed by atoms with van der Waals surface area (Å²) in [6.45, 7) is 2.14. The van der Waals surface area contributed by atoms with E-state index < -0.39 is 3.67 Å². The smallest absolute Gasteiger partial charge is 0.141 e. The average molecular weight is 187 g/mol. The van der Waals surface area contributed by atoms with Crippen LogP contribution in [0.3, 0.4) is 0 Å². The maximum atomic E-state index is 5.60. The van der Waals surface area contributed by atoms with Crippen LogP contribution in [-0.2, 0) is 0 Å². The minimum atomic E-state index is -0.810. The van der Waals surface area contributed by atoms with Crippen LogP contribution in [0.5, 0.6) is 0 Å². The van der Waals surface area contributed by atoms with E-state index in [-0.39, 0.29) is 0 Å². The predicted octanol–water partition coefficient (Wildman–Crippen LogP) is 3.63. The van der Waals surface area contributed by atoms with Crippen LogP contribution in [0.1, 0.15) is 32.6 Å². The third-order valence-electron chi connectivity index (χ3n) is 1.08. The van der Waals surface area contributed by atoms with Crippen molar-refractivity contribution in [2.24, 2.45) is 0 Å². The van der Waals surface area contributed by atoms with Crippen molar-refractivity contribution in [2.75, 3.05) is 0 Å². The maximum Gasteiger partial charge on any atom is 0.160 e. The lowest BCUT2D eigenvalue weighted by molar-refractivity contribution is 0.681. The fraction of sp³-hybridized carbons (Fsp3) is 1.00. The molecule has 3 heteroatoms. The number of unbranched alkanes of at least 4 members (excludes halogenated alkanes) is 2. The lowest BCUT2D eigenvalue weighted by atomic mass is 10.2. The molecule has 0 aromatic rings. The lowest BCUT2D eigenvalue weighted by Crippen LogP contribution is -2.00. The molecule has 0 fully saturated rings. The first kappa shape index (κ1) is 9.93. The number of hydrogen-bond donors (Lipinski definition) is 1. The number of hydrogen-bond acceptors (Lipinski definition) is 1. The van der Waals surface area contributed by atoms with E-state index in [0.717, 1.165) is 12.8 Å². The highest BCUT2D eigenvalue weighted by Crippen LogP contribution is 2.31. The number of halogens is 2. The van der Waals surface area contributed by atoms with Crippen molar-refractivity contribution >= 4 is 35.8 Å². The van der Waals surface area contributed by atoms with Crippen LogP contribution in [0.15, 0.2) is 0 Å². The SMILES string of the molecule is CCCCCC(S)(Cl)Cl. The van der Waals surface area contributed by atoms with E-state index in [2.05, 4.69) is 19.6 Å². The van der Waals surface area contributed by atoms with Gasteiger partial charge in [0.15, 0.2) is 3.67 Å². The Bertz CT molecular complexity index is 67.9. The fourth-order valence-electron chi connectivity index (χ4n) is 0.588. The summed E-state index contributed by atoms with van der Waals surface area (Å²) >= 11 is 15.2. The van der Waals surface area contributed by atoms with Gasteiger partial charge in [0.1, 0.15) is 0 Å². The van der Waals surface area contributed by atoms with Crippen LogP contribution in [0.2, 0.25) is 0 Å². The van der Waals surface area contributed by atoms with Crippen molar-refractivity contribution < 1.29 is 0 Å². The van der Waals surface area contributed by atoms with Gasteiger partial charge < -0.3 is 0 Å². The molecule has 0 N–H and O–H groups in total. The van der Waals surface area contributed by atoms with E-state index in [1.165, 1.54) is 12.8 Å². The summed E-state index contributed by atoms with van der Waals surface area (Å²) in [5, 5.41) is 0. The molecule has 0 nitrogen and oxygen atoms in total. The maximum absolute atomic E-state index is 5.60. The Morgan fingerprint density at radius 3 is 2.22 bits per heavy atom. The van der Waals surface area contributed by atoms with Gasteiger partial charge in [-0.15, -0.1) is 12.6 Å². The second kappa shape index (κ2) is 4.70. The van der Waals surface area contributed by atoms with Crippen molar-refractivity contribution in [2.45, 2.75) is 36.3 Å². The molecule has 0 radical (unpaired) electrons. The first-order chi connectivity index (χ1) is 4.06. The van der Waals surface area contributed by atoms with E-state index >= 15 is 0 Å². The number of rotatable bonds is 4. The minimum Gasteiger partial charge on any atom is -0.141 e. The molecule has 56 valence electrons.